The van der Waals surface area contributed by atoms with Crippen molar-refractivity contribution in [2.24, 2.45) is 0 Å². The fourth-order valence-electron chi connectivity index (χ4n) is 3.00. The molecule has 7 heteroatoms. The van der Waals surface area contributed by atoms with Crippen LogP contribution in [-0.2, 0) is 22.8 Å². The van der Waals surface area contributed by atoms with Crippen LogP contribution in [0.5, 0.6) is 0 Å². The number of nitrogens with zero attached hydrogens (tertiary/aromatic N) is 1. The Morgan fingerprint density at radius 2 is 2.00 bits per heavy atom. The zero-order valence-corrected chi connectivity index (χ0v) is 14.2. The SMILES string of the molecule is C=CCOCC1CN2CCO[Si](CCCC3CO3)(OCC2)O1. The molecule has 2 atom stereocenters. The minimum Gasteiger partial charge on any atom is -0.375 e. The van der Waals surface area contributed by atoms with Crippen LogP contribution in [0.15, 0.2) is 12.7 Å². The van der Waals surface area contributed by atoms with Crippen molar-refractivity contribution in [3.63, 3.8) is 0 Å². The van der Waals surface area contributed by atoms with Crippen molar-refractivity contribution in [1.29, 1.82) is 0 Å². The van der Waals surface area contributed by atoms with Crippen molar-refractivity contribution >= 4 is 8.80 Å². The average Bonchev–Trinajstić information content (AvgIpc) is 3.25. The first-order chi connectivity index (χ1) is 10.8. The van der Waals surface area contributed by atoms with Gasteiger partial charge < -0.3 is 22.8 Å². The van der Waals surface area contributed by atoms with Crippen LogP contribution in [0.2, 0.25) is 6.04 Å². The van der Waals surface area contributed by atoms with Gasteiger partial charge in [-0.3, -0.25) is 4.90 Å². The van der Waals surface area contributed by atoms with Crippen LogP contribution in [0.4, 0.5) is 0 Å². The minimum atomic E-state index is -2.58. The van der Waals surface area contributed by atoms with Crippen molar-refractivity contribution in [1.82, 2.24) is 4.90 Å². The van der Waals surface area contributed by atoms with E-state index in [1.807, 2.05) is 0 Å². The molecule has 2 bridgehead atoms. The summed E-state index contributed by atoms with van der Waals surface area (Å²) in [4.78, 5) is 2.33. The summed E-state index contributed by atoms with van der Waals surface area (Å²) in [7, 11) is -2.58. The van der Waals surface area contributed by atoms with Gasteiger partial charge in [0.05, 0.1) is 45.2 Å². The lowest BCUT2D eigenvalue weighted by atomic mass is 10.3. The number of hydrogen-bond acceptors (Lipinski definition) is 6. The predicted octanol–water partition coefficient (Wildman–Crippen LogP) is 1.05. The Kier molecular flexibility index (Phi) is 6.03. The van der Waals surface area contributed by atoms with Gasteiger partial charge in [-0.05, 0) is 12.8 Å². The fraction of sp³-hybridized carbons (Fsp3) is 0.867. The number of fused-ring (bicyclic) bond motifs is 6. The van der Waals surface area contributed by atoms with Gasteiger partial charge in [0.25, 0.3) is 0 Å². The van der Waals surface area contributed by atoms with Crippen molar-refractivity contribution in [2.45, 2.75) is 31.1 Å². The summed E-state index contributed by atoms with van der Waals surface area (Å²) in [6, 6.07) is 0.880. The van der Waals surface area contributed by atoms with Gasteiger partial charge in [0.15, 0.2) is 0 Å². The van der Waals surface area contributed by atoms with Crippen LogP contribution in [0.3, 0.4) is 0 Å². The molecule has 0 saturated carbocycles. The summed E-state index contributed by atoms with van der Waals surface area (Å²) in [6.45, 7) is 9.90. The van der Waals surface area contributed by atoms with Crippen LogP contribution in [-0.4, -0.2) is 78.6 Å². The molecule has 0 spiro atoms. The van der Waals surface area contributed by atoms with E-state index in [1.54, 1.807) is 6.08 Å². The van der Waals surface area contributed by atoms with E-state index < -0.39 is 8.80 Å². The lowest BCUT2D eigenvalue weighted by Gasteiger charge is -2.41. The van der Waals surface area contributed by atoms with Crippen LogP contribution < -0.4 is 0 Å². The van der Waals surface area contributed by atoms with Crippen molar-refractivity contribution < 1.29 is 22.8 Å². The Bertz CT molecular complexity index is 356. The molecule has 126 valence electrons. The van der Waals surface area contributed by atoms with Gasteiger partial charge in [-0.1, -0.05) is 6.08 Å². The summed E-state index contributed by atoms with van der Waals surface area (Å²) in [5.41, 5.74) is 0. The molecular formula is C15H27NO5Si. The quantitative estimate of drug-likeness (QED) is 0.287. The van der Waals surface area contributed by atoms with E-state index >= 15 is 0 Å². The van der Waals surface area contributed by atoms with Gasteiger partial charge in [0, 0.05) is 25.7 Å². The van der Waals surface area contributed by atoms with Crippen molar-refractivity contribution in [3.8, 4) is 0 Å². The molecule has 4 fully saturated rings. The molecule has 0 amide bonds. The monoisotopic (exact) mass is 329 g/mol. The third kappa shape index (κ3) is 4.86. The maximum atomic E-state index is 6.35. The summed E-state index contributed by atoms with van der Waals surface area (Å²) in [5.74, 6) is 0. The Morgan fingerprint density at radius 1 is 1.23 bits per heavy atom. The summed E-state index contributed by atoms with van der Waals surface area (Å²) in [5, 5.41) is 0. The minimum absolute atomic E-state index is 0.0180. The average molecular weight is 329 g/mol. The second-order valence-corrected chi connectivity index (χ2v) is 8.77. The first kappa shape index (κ1) is 16.6. The largest absolute Gasteiger partial charge is 0.501 e. The Morgan fingerprint density at radius 3 is 2.68 bits per heavy atom. The van der Waals surface area contributed by atoms with E-state index in [2.05, 4.69) is 11.5 Å². The van der Waals surface area contributed by atoms with Gasteiger partial charge >= 0.3 is 8.80 Å². The van der Waals surface area contributed by atoms with Gasteiger partial charge in [-0.15, -0.1) is 6.58 Å². The lowest BCUT2D eigenvalue weighted by molar-refractivity contribution is -0.0636. The molecule has 0 aliphatic carbocycles. The van der Waals surface area contributed by atoms with E-state index in [0.717, 1.165) is 45.1 Å². The molecule has 0 N–H and O–H groups in total. The highest BCUT2D eigenvalue weighted by atomic mass is 28.4. The number of ether oxygens (including phenoxy) is 2. The lowest BCUT2D eigenvalue weighted by Crippen LogP contribution is -2.58. The number of rotatable bonds is 8. The molecule has 4 saturated heterocycles. The standard InChI is InChI=1S/C15H27NO5Si/c1-2-7-17-12-15-11-16-5-8-19-22(21-15,20-9-6-16)10-3-4-14-13-18-14/h2,14-15H,1,3-13H2. The molecule has 22 heavy (non-hydrogen) atoms. The van der Waals surface area contributed by atoms with Crippen LogP contribution >= 0.6 is 0 Å². The second-order valence-electron chi connectivity index (χ2n) is 6.09. The Balaban J connectivity index is 1.59. The third-order valence-corrected chi connectivity index (χ3v) is 7.16. The summed E-state index contributed by atoms with van der Waals surface area (Å²) < 4.78 is 29.5. The Labute approximate surface area is 133 Å². The molecule has 0 aromatic heterocycles. The topological polar surface area (TPSA) is 52.7 Å². The molecule has 0 aromatic rings. The second kappa shape index (κ2) is 8.01. The number of epoxide rings is 1. The zero-order chi connectivity index (χ0) is 15.3. The van der Waals surface area contributed by atoms with Crippen LogP contribution in [0.25, 0.3) is 0 Å². The third-order valence-electron chi connectivity index (χ3n) is 4.22. The highest BCUT2D eigenvalue weighted by Crippen LogP contribution is 2.27. The normalized spacial score (nSPS) is 38.1. The fourth-order valence-corrected chi connectivity index (χ4v) is 5.72. The van der Waals surface area contributed by atoms with Crippen molar-refractivity contribution in [3.05, 3.63) is 12.7 Å². The maximum Gasteiger partial charge on any atom is 0.501 e. The molecule has 6 nitrogen and oxygen atoms in total. The van der Waals surface area contributed by atoms with Gasteiger partial charge in [0.2, 0.25) is 0 Å². The smallest absolute Gasteiger partial charge is 0.375 e. The molecule has 4 aliphatic rings. The van der Waals surface area contributed by atoms with Crippen LogP contribution in [0.1, 0.15) is 12.8 Å². The molecule has 0 radical (unpaired) electrons. The molecule has 4 heterocycles. The highest BCUT2D eigenvalue weighted by Gasteiger charge is 2.46. The first-order valence-corrected chi connectivity index (χ1v) is 10.2. The van der Waals surface area contributed by atoms with Gasteiger partial charge in [-0.25, -0.2) is 0 Å². The Hall–Kier alpha value is -0.283. The summed E-state index contributed by atoms with van der Waals surface area (Å²) in [6.07, 6.45) is 4.36. The molecular weight excluding hydrogens is 302 g/mol. The summed E-state index contributed by atoms with van der Waals surface area (Å²) >= 11 is 0. The molecule has 4 aliphatic heterocycles. The molecule has 0 aromatic carbocycles. The first-order valence-electron chi connectivity index (χ1n) is 8.28. The van der Waals surface area contributed by atoms with Crippen LogP contribution in [0, 0.1) is 0 Å². The van der Waals surface area contributed by atoms with E-state index in [1.165, 1.54) is 0 Å². The molecule has 2 unspecified atom stereocenters. The van der Waals surface area contributed by atoms with E-state index in [-0.39, 0.29) is 6.10 Å². The highest BCUT2D eigenvalue weighted by molar-refractivity contribution is 6.60. The van der Waals surface area contributed by atoms with E-state index in [0.29, 0.717) is 32.5 Å². The zero-order valence-electron chi connectivity index (χ0n) is 13.2. The maximum absolute atomic E-state index is 6.35. The van der Waals surface area contributed by atoms with Gasteiger partial charge in [-0.2, -0.15) is 0 Å². The molecule has 4 rings (SSSR count). The van der Waals surface area contributed by atoms with Crippen molar-refractivity contribution in [2.75, 3.05) is 52.7 Å². The van der Waals surface area contributed by atoms with Gasteiger partial charge in [0.1, 0.15) is 0 Å². The number of hydrogen-bond donors (Lipinski definition) is 0. The predicted molar refractivity (Wildman–Crippen MR) is 83.8 cm³/mol. The van der Waals surface area contributed by atoms with E-state index in [9.17, 15) is 0 Å². The van der Waals surface area contributed by atoms with E-state index in [4.69, 9.17) is 22.8 Å².